The minimum absolute atomic E-state index is 0.0209. The number of hydrogen-bond donors (Lipinski definition) is 1. The van der Waals surface area contributed by atoms with Crippen molar-refractivity contribution in [3.63, 3.8) is 0 Å². The molecular weight excluding hydrogens is 270 g/mol. The Morgan fingerprint density at radius 3 is 2.67 bits per heavy atom. The molecule has 1 unspecified atom stereocenters. The summed E-state index contributed by atoms with van der Waals surface area (Å²) in [5, 5.41) is 9.17. The lowest BCUT2D eigenvalue weighted by Gasteiger charge is -2.41. The normalized spacial score (nSPS) is 21.1. The predicted octanol–water partition coefficient (Wildman–Crippen LogP) is 1.95. The zero-order valence-electron chi connectivity index (χ0n) is 12.6. The van der Waals surface area contributed by atoms with Crippen molar-refractivity contribution in [1.82, 2.24) is 4.90 Å². The molecule has 1 heterocycles. The quantitative estimate of drug-likeness (QED) is 0.924. The third-order valence-corrected chi connectivity index (χ3v) is 3.51. The molecule has 1 amide bonds. The van der Waals surface area contributed by atoms with E-state index in [1.54, 1.807) is 23.1 Å². The molecule has 5 nitrogen and oxygen atoms in total. The Balaban J connectivity index is 2.13. The van der Waals surface area contributed by atoms with Gasteiger partial charge in [-0.25, -0.2) is 4.79 Å². The van der Waals surface area contributed by atoms with Crippen molar-refractivity contribution in [2.75, 3.05) is 13.1 Å². The summed E-state index contributed by atoms with van der Waals surface area (Å²) in [6.07, 6.45) is 0.0815. The number of benzene rings is 1. The van der Waals surface area contributed by atoms with Crippen LogP contribution in [0.3, 0.4) is 0 Å². The van der Waals surface area contributed by atoms with E-state index in [0.717, 1.165) is 0 Å². The Labute approximate surface area is 124 Å². The third kappa shape index (κ3) is 3.82. The molecular formula is C16H21NO4. The first-order valence-corrected chi connectivity index (χ1v) is 7.05. The Kier molecular flexibility index (Phi) is 4.32. The van der Waals surface area contributed by atoms with Gasteiger partial charge in [-0.3, -0.25) is 4.79 Å². The maximum Gasteiger partial charge on any atom is 0.335 e. The largest absolute Gasteiger partial charge is 0.478 e. The van der Waals surface area contributed by atoms with Crippen molar-refractivity contribution in [3.8, 4) is 0 Å². The zero-order chi connectivity index (χ0) is 15.6. The fourth-order valence-corrected chi connectivity index (χ4v) is 2.80. The summed E-state index contributed by atoms with van der Waals surface area (Å²) in [4.78, 5) is 25.4. The van der Waals surface area contributed by atoms with Crippen LogP contribution in [0.2, 0.25) is 0 Å². The second kappa shape index (κ2) is 5.85. The topological polar surface area (TPSA) is 66.8 Å². The lowest BCUT2D eigenvalue weighted by atomic mass is 10.0. The Morgan fingerprint density at radius 1 is 1.38 bits per heavy atom. The molecule has 1 aromatic rings. The number of aromatic carboxylic acids is 1. The van der Waals surface area contributed by atoms with Gasteiger partial charge in [-0.05, 0) is 32.4 Å². The third-order valence-electron chi connectivity index (χ3n) is 3.51. The molecule has 1 aliphatic rings. The van der Waals surface area contributed by atoms with Gasteiger partial charge in [0.1, 0.15) is 0 Å². The second-order valence-electron chi connectivity index (χ2n) is 6.10. The highest BCUT2D eigenvalue weighted by molar-refractivity contribution is 5.91. The lowest BCUT2D eigenvalue weighted by molar-refractivity contribution is -0.157. The summed E-state index contributed by atoms with van der Waals surface area (Å²) in [5.41, 5.74) is 0.359. The summed E-state index contributed by atoms with van der Waals surface area (Å²) in [6.45, 7) is 6.90. The van der Waals surface area contributed by atoms with Gasteiger partial charge in [0.05, 0.1) is 23.7 Å². The maximum absolute atomic E-state index is 12.5. The van der Waals surface area contributed by atoms with E-state index < -0.39 is 5.97 Å². The van der Waals surface area contributed by atoms with Crippen molar-refractivity contribution in [1.29, 1.82) is 0 Å². The van der Waals surface area contributed by atoms with E-state index in [4.69, 9.17) is 9.84 Å². The Hall–Kier alpha value is -1.88. The van der Waals surface area contributed by atoms with Crippen molar-refractivity contribution in [2.24, 2.45) is 0 Å². The molecule has 0 spiro atoms. The van der Waals surface area contributed by atoms with Gasteiger partial charge in [0, 0.05) is 13.1 Å². The van der Waals surface area contributed by atoms with Gasteiger partial charge in [-0.1, -0.05) is 18.2 Å². The van der Waals surface area contributed by atoms with Gasteiger partial charge in [0.15, 0.2) is 0 Å². The van der Waals surface area contributed by atoms with E-state index >= 15 is 0 Å². The highest BCUT2D eigenvalue weighted by atomic mass is 16.5. The molecule has 1 fully saturated rings. The molecule has 1 saturated heterocycles. The van der Waals surface area contributed by atoms with Gasteiger partial charge < -0.3 is 14.7 Å². The van der Waals surface area contributed by atoms with E-state index in [0.29, 0.717) is 18.7 Å². The highest BCUT2D eigenvalue weighted by Gasteiger charge is 2.33. The van der Waals surface area contributed by atoms with E-state index in [1.807, 2.05) is 20.8 Å². The number of amides is 1. The van der Waals surface area contributed by atoms with Gasteiger partial charge in [0.25, 0.3) is 0 Å². The van der Waals surface area contributed by atoms with Crippen molar-refractivity contribution < 1.29 is 19.4 Å². The van der Waals surface area contributed by atoms with Crippen LogP contribution >= 0.6 is 0 Å². The number of hydrogen-bond acceptors (Lipinski definition) is 3. The lowest BCUT2D eigenvalue weighted by Crippen LogP contribution is -2.54. The van der Waals surface area contributed by atoms with Crippen LogP contribution in [0.15, 0.2) is 24.3 Å². The first-order chi connectivity index (χ1) is 9.78. The van der Waals surface area contributed by atoms with Crippen LogP contribution in [0, 0.1) is 0 Å². The number of ether oxygens (including phenoxy) is 1. The smallest absolute Gasteiger partial charge is 0.335 e. The van der Waals surface area contributed by atoms with Gasteiger partial charge >= 0.3 is 5.97 Å². The Morgan fingerprint density at radius 2 is 2.05 bits per heavy atom. The van der Waals surface area contributed by atoms with Gasteiger partial charge in [-0.15, -0.1) is 0 Å². The fourth-order valence-electron chi connectivity index (χ4n) is 2.80. The van der Waals surface area contributed by atoms with Crippen LogP contribution < -0.4 is 0 Å². The van der Waals surface area contributed by atoms with E-state index in [2.05, 4.69) is 0 Å². The van der Waals surface area contributed by atoms with E-state index in [-0.39, 0.29) is 29.6 Å². The van der Waals surface area contributed by atoms with Crippen LogP contribution in [-0.2, 0) is 16.0 Å². The molecule has 0 bridgehead atoms. The van der Waals surface area contributed by atoms with Crippen LogP contribution in [0.25, 0.3) is 0 Å². The highest BCUT2D eigenvalue weighted by Crippen LogP contribution is 2.22. The molecule has 114 valence electrons. The molecule has 2 rings (SSSR count). The first-order valence-electron chi connectivity index (χ1n) is 7.05. The van der Waals surface area contributed by atoms with E-state index in [1.165, 1.54) is 6.07 Å². The van der Waals surface area contributed by atoms with Gasteiger partial charge in [-0.2, -0.15) is 0 Å². The second-order valence-corrected chi connectivity index (χ2v) is 6.10. The number of morpholine rings is 1. The van der Waals surface area contributed by atoms with Crippen LogP contribution in [-0.4, -0.2) is 46.7 Å². The summed E-state index contributed by atoms with van der Waals surface area (Å²) in [6, 6.07) is 6.63. The minimum Gasteiger partial charge on any atom is -0.478 e. The molecule has 1 atom stereocenters. The molecule has 0 saturated carbocycles. The first kappa shape index (κ1) is 15.5. The summed E-state index contributed by atoms with van der Waals surface area (Å²) < 4.78 is 5.78. The molecule has 0 aliphatic carbocycles. The standard InChI is InChI=1S/C16H21NO4/c1-11-9-17(10-16(2,3)21-11)14(18)8-12-6-4-5-7-13(12)15(19)20/h4-7,11H,8-10H2,1-3H3,(H,19,20). The van der Waals surface area contributed by atoms with Crippen molar-refractivity contribution in [3.05, 3.63) is 35.4 Å². The molecule has 0 aromatic heterocycles. The maximum atomic E-state index is 12.5. The number of carboxylic acid groups (broad SMARTS) is 1. The zero-order valence-corrected chi connectivity index (χ0v) is 12.6. The minimum atomic E-state index is -1.01. The number of carbonyl (C=O) groups excluding carboxylic acids is 1. The average Bonchev–Trinajstić information content (AvgIpc) is 2.36. The summed E-state index contributed by atoms with van der Waals surface area (Å²) in [5.74, 6) is -1.07. The predicted molar refractivity (Wildman–Crippen MR) is 78.3 cm³/mol. The van der Waals surface area contributed by atoms with Crippen LogP contribution in [0.1, 0.15) is 36.7 Å². The molecule has 1 N–H and O–H groups in total. The molecule has 5 heteroatoms. The number of nitrogens with zero attached hydrogens (tertiary/aromatic N) is 1. The monoisotopic (exact) mass is 291 g/mol. The van der Waals surface area contributed by atoms with Crippen LogP contribution in [0.4, 0.5) is 0 Å². The molecule has 21 heavy (non-hydrogen) atoms. The van der Waals surface area contributed by atoms with Crippen molar-refractivity contribution in [2.45, 2.75) is 38.9 Å². The fraction of sp³-hybridized carbons (Fsp3) is 0.500. The molecule has 1 aromatic carbocycles. The van der Waals surface area contributed by atoms with Crippen molar-refractivity contribution >= 4 is 11.9 Å². The van der Waals surface area contributed by atoms with Gasteiger partial charge in [0.2, 0.25) is 5.91 Å². The number of carboxylic acids is 1. The average molecular weight is 291 g/mol. The SMILES string of the molecule is CC1CN(C(=O)Cc2ccccc2C(=O)O)CC(C)(C)O1. The number of rotatable bonds is 3. The Bertz CT molecular complexity index is 553. The summed E-state index contributed by atoms with van der Waals surface area (Å²) >= 11 is 0. The summed E-state index contributed by atoms with van der Waals surface area (Å²) in [7, 11) is 0. The van der Waals surface area contributed by atoms with E-state index in [9.17, 15) is 9.59 Å². The molecule has 0 radical (unpaired) electrons. The van der Waals surface area contributed by atoms with Crippen LogP contribution in [0.5, 0.6) is 0 Å². The number of carbonyl (C=O) groups is 2. The molecule has 1 aliphatic heterocycles.